The highest BCUT2D eigenvalue weighted by Gasteiger charge is 2.10. The van der Waals surface area contributed by atoms with Crippen LogP contribution in [0.1, 0.15) is 12.5 Å². The highest BCUT2D eigenvalue weighted by atomic mass is 19.1. The number of pyridine rings is 1. The van der Waals surface area contributed by atoms with Gasteiger partial charge < -0.3 is 0 Å². The van der Waals surface area contributed by atoms with Crippen LogP contribution < -0.4 is 0 Å². The first-order chi connectivity index (χ1) is 7.72. The number of hydrogen-bond acceptors (Lipinski definition) is 1. The van der Waals surface area contributed by atoms with E-state index >= 15 is 0 Å². The van der Waals surface area contributed by atoms with Crippen LogP contribution >= 0.6 is 0 Å². The second-order valence-electron chi connectivity index (χ2n) is 3.40. The second-order valence-corrected chi connectivity index (χ2v) is 3.40. The molecule has 1 aromatic carbocycles. The van der Waals surface area contributed by atoms with Crippen molar-refractivity contribution in [3.8, 4) is 11.3 Å². The first-order valence-corrected chi connectivity index (χ1v) is 5.03. The van der Waals surface area contributed by atoms with Gasteiger partial charge in [-0.15, -0.1) is 0 Å². The molecule has 16 heavy (non-hydrogen) atoms. The van der Waals surface area contributed by atoms with Gasteiger partial charge in [0.05, 0.1) is 6.20 Å². The van der Waals surface area contributed by atoms with E-state index in [1.807, 2.05) is 6.92 Å². The minimum absolute atomic E-state index is 0.176. The van der Waals surface area contributed by atoms with Crippen molar-refractivity contribution in [1.82, 2.24) is 4.98 Å². The molecule has 0 bridgehead atoms. The van der Waals surface area contributed by atoms with Crippen molar-refractivity contribution < 1.29 is 8.78 Å². The van der Waals surface area contributed by atoms with Crippen molar-refractivity contribution in [2.24, 2.45) is 0 Å². The van der Waals surface area contributed by atoms with Gasteiger partial charge in [-0.1, -0.05) is 25.1 Å². The molecular weight excluding hydrogens is 208 g/mol. The van der Waals surface area contributed by atoms with Crippen molar-refractivity contribution in [3.63, 3.8) is 0 Å². The summed E-state index contributed by atoms with van der Waals surface area (Å²) in [5.41, 5.74) is 1.72. The van der Waals surface area contributed by atoms with Crippen LogP contribution in [0.5, 0.6) is 0 Å². The van der Waals surface area contributed by atoms with Gasteiger partial charge in [-0.2, -0.15) is 0 Å². The normalized spacial score (nSPS) is 10.4. The highest BCUT2D eigenvalue weighted by molar-refractivity contribution is 5.63. The molecule has 0 atom stereocenters. The van der Waals surface area contributed by atoms with Gasteiger partial charge in [-0.25, -0.2) is 8.78 Å². The van der Waals surface area contributed by atoms with E-state index in [0.717, 1.165) is 24.2 Å². The summed E-state index contributed by atoms with van der Waals surface area (Å²) in [4.78, 5) is 3.79. The van der Waals surface area contributed by atoms with Crippen molar-refractivity contribution in [1.29, 1.82) is 0 Å². The first-order valence-electron chi connectivity index (χ1n) is 5.03. The molecule has 1 aromatic heterocycles. The van der Waals surface area contributed by atoms with E-state index in [1.54, 1.807) is 18.2 Å². The average Bonchev–Trinajstić information content (AvgIpc) is 2.29. The summed E-state index contributed by atoms with van der Waals surface area (Å²) in [7, 11) is 0. The number of hydrogen-bond donors (Lipinski definition) is 0. The van der Waals surface area contributed by atoms with Gasteiger partial charge in [0, 0.05) is 11.6 Å². The zero-order valence-corrected chi connectivity index (χ0v) is 8.80. The molecule has 1 heterocycles. The predicted molar refractivity (Wildman–Crippen MR) is 57.8 cm³/mol. The molecule has 0 amide bonds. The average molecular weight is 218 g/mol. The van der Waals surface area contributed by atoms with Crippen LogP contribution in [-0.2, 0) is 6.42 Å². The van der Waals surface area contributed by atoms with Gasteiger partial charge in [0.2, 0.25) is 0 Å². The Labute approximate surface area is 92.8 Å². The fraction of sp³-hybridized carbons (Fsp3) is 0.154. The van der Waals surface area contributed by atoms with E-state index < -0.39 is 11.6 Å². The number of aromatic nitrogens is 1. The third-order valence-electron chi connectivity index (χ3n) is 2.36. The summed E-state index contributed by atoms with van der Waals surface area (Å²) in [6.45, 7) is 1.96. The van der Waals surface area contributed by atoms with Crippen LogP contribution in [0.4, 0.5) is 8.78 Å². The van der Waals surface area contributed by atoms with E-state index in [4.69, 9.17) is 0 Å². The standard InChI is InChI=1S/C13H10F2N/c1-2-9-5-3-4-6-11(9)13-12(15)7-10(14)8-16-13/h3-4,6-8H,2H2,1H3. The SMILES string of the molecule is CCc1[c]cccc1-c1ncc(F)cc1F. The Morgan fingerprint density at radius 3 is 2.88 bits per heavy atom. The van der Waals surface area contributed by atoms with Crippen molar-refractivity contribution >= 4 is 0 Å². The summed E-state index contributed by atoms with van der Waals surface area (Å²) < 4.78 is 26.3. The summed E-state index contributed by atoms with van der Waals surface area (Å²) in [5, 5.41) is 0. The maximum Gasteiger partial charge on any atom is 0.152 e. The van der Waals surface area contributed by atoms with Crippen molar-refractivity contribution in [2.45, 2.75) is 13.3 Å². The lowest BCUT2D eigenvalue weighted by Gasteiger charge is -2.07. The lowest BCUT2D eigenvalue weighted by molar-refractivity contribution is 0.576. The number of nitrogens with zero attached hydrogens (tertiary/aromatic N) is 1. The zero-order chi connectivity index (χ0) is 11.5. The Hall–Kier alpha value is -1.77. The number of halogens is 2. The Morgan fingerprint density at radius 1 is 1.38 bits per heavy atom. The molecule has 0 saturated heterocycles. The molecule has 0 aliphatic rings. The molecule has 1 radical (unpaired) electrons. The minimum atomic E-state index is -0.667. The topological polar surface area (TPSA) is 12.9 Å². The molecule has 1 nitrogen and oxygen atoms in total. The van der Waals surface area contributed by atoms with Crippen LogP contribution in [0, 0.1) is 17.7 Å². The van der Waals surface area contributed by atoms with Gasteiger partial charge in [0.25, 0.3) is 0 Å². The number of benzene rings is 1. The number of rotatable bonds is 2. The molecule has 0 unspecified atom stereocenters. The Bertz CT molecular complexity index is 509. The minimum Gasteiger partial charge on any atom is -0.250 e. The van der Waals surface area contributed by atoms with E-state index in [0.29, 0.717) is 5.56 Å². The van der Waals surface area contributed by atoms with Crippen LogP contribution in [-0.4, -0.2) is 4.98 Å². The van der Waals surface area contributed by atoms with Crippen molar-refractivity contribution in [2.75, 3.05) is 0 Å². The largest absolute Gasteiger partial charge is 0.250 e. The molecular formula is C13H10F2N. The molecule has 0 aliphatic carbocycles. The molecule has 81 valence electrons. The monoisotopic (exact) mass is 218 g/mol. The fourth-order valence-corrected chi connectivity index (χ4v) is 1.60. The van der Waals surface area contributed by atoms with Gasteiger partial charge in [-0.05, 0) is 18.1 Å². The van der Waals surface area contributed by atoms with E-state index in [1.165, 1.54) is 0 Å². The molecule has 0 aliphatic heterocycles. The van der Waals surface area contributed by atoms with Gasteiger partial charge >= 0.3 is 0 Å². The Balaban J connectivity index is 2.58. The van der Waals surface area contributed by atoms with Gasteiger partial charge in [-0.3, -0.25) is 4.98 Å². The van der Waals surface area contributed by atoms with Crippen LogP contribution in [0.15, 0.2) is 30.5 Å². The van der Waals surface area contributed by atoms with Gasteiger partial charge in [0.15, 0.2) is 5.82 Å². The van der Waals surface area contributed by atoms with Crippen LogP contribution in [0.25, 0.3) is 11.3 Å². The summed E-state index contributed by atoms with van der Waals surface area (Å²) in [5.74, 6) is -1.31. The molecule has 0 fully saturated rings. The van der Waals surface area contributed by atoms with Gasteiger partial charge in [0.1, 0.15) is 11.5 Å². The third-order valence-corrected chi connectivity index (χ3v) is 2.36. The second kappa shape index (κ2) is 4.39. The Morgan fingerprint density at radius 2 is 2.19 bits per heavy atom. The quantitative estimate of drug-likeness (QED) is 0.752. The molecule has 0 saturated carbocycles. The lowest BCUT2D eigenvalue weighted by Crippen LogP contribution is -1.95. The predicted octanol–water partition coefficient (Wildman–Crippen LogP) is 3.39. The zero-order valence-electron chi connectivity index (χ0n) is 8.80. The van der Waals surface area contributed by atoms with Crippen LogP contribution in [0.2, 0.25) is 0 Å². The maximum atomic E-state index is 13.5. The molecule has 3 heteroatoms. The van der Waals surface area contributed by atoms with Crippen LogP contribution in [0.3, 0.4) is 0 Å². The molecule has 0 N–H and O–H groups in total. The third kappa shape index (κ3) is 1.94. The molecule has 2 aromatic rings. The summed E-state index contributed by atoms with van der Waals surface area (Å²) in [6, 6.07) is 9.16. The Kier molecular flexibility index (Phi) is 2.95. The van der Waals surface area contributed by atoms with Crippen molar-refractivity contribution in [3.05, 3.63) is 53.7 Å². The highest BCUT2D eigenvalue weighted by Crippen LogP contribution is 2.24. The smallest absolute Gasteiger partial charge is 0.152 e. The van der Waals surface area contributed by atoms with E-state index in [2.05, 4.69) is 11.1 Å². The van der Waals surface area contributed by atoms with E-state index in [9.17, 15) is 8.78 Å². The molecule has 2 rings (SSSR count). The molecule has 0 spiro atoms. The summed E-state index contributed by atoms with van der Waals surface area (Å²) in [6.07, 6.45) is 1.75. The number of aryl methyl sites for hydroxylation is 1. The first kappa shape index (κ1) is 10.7. The lowest BCUT2D eigenvalue weighted by atomic mass is 10.0. The maximum absolute atomic E-state index is 13.5. The summed E-state index contributed by atoms with van der Waals surface area (Å²) >= 11 is 0. The fourth-order valence-electron chi connectivity index (χ4n) is 1.60. The van der Waals surface area contributed by atoms with E-state index in [-0.39, 0.29) is 5.69 Å².